The first-order valence-electron chi connectivity index (χ1n) is 13.6. The summed E-state index contributed by atoms with van der Waals surface area (Å²) in [6, 6.07) is 13.9. The Hall–Kier alpha value is -4.41. The zero-order chi connectivity index (χ0) is 32.4. The summed E-state index contributed by atoms with van der Waals surface area (Å²) in [6.07, 6.45) is 10.6. The minimum Gasteiger partial charge on any atom is -0.458 e. The molecule has 9 nitrogen and oxygen atoms in total. The first-order chi connectivity index (χ1) is 20.1. The number of hydrogen-bond acceptors (Lipinski definition) is 7. The Morgan fingerprint density at radius 2 is 1.44 bits per heavy atom. The monoisotopic (exact) mass is 605 g/mol. The van der Waals surface area contributed by atoms with Crippen molar-refractivity contribution < 1.29 is 28.7 Å². The highest BCUT2D eigenvalue weighted by Gasteiger charge is 2.37. The van der Waals surface area contributed by atoms with Crippen molar-refractivity contribution in [2.75, 3.05) is 5.75 Å². The number of nitrogens with one attached hydrogen (secondary N) is 2. The molecule has 228 valence electrons. The fourth-order valence-electron chi connectivity index (χ4n) is 3.91. The average molecular weight is 606 g/mol. The van der Waals surface area contributed by atoms with Crippen LogP contribution in [0, 0.1) is 24.8 Å². The summed E-state index contributed by atoms with van der Waals surface area (Å²) in [7, 11) is 0. The van der Waals surface area contributed by atoms with Gasteiger partial charge < -0.3 is 20.1 Å². The molecule has 0 aliphatic rings. The van der Waals surface area contributed by atoms with E-state index in [4.69, 9.17) is 22.3 Å². The zero-order valence-electron chi connectivity index (χ0n) is 25.3. The van der Waals surface area contributed by atoms with E-state index < -0.39 is 53.2 Å². The molecule has 3 amide bonds. The lowest BCUT2D eigenvalue weighted by molar-refractivity contribution is -0.159. The molecular weight excluding hydrogens is 566 g/mol. The molecule has 0 aromatic heterocycles. The highest BCUT2D eigenvalue weighted by molar-refractivity contribution is 7.80. The summed E-state index contributed by atoms with van der Waals surface area (Å²) < 4.78 is 10.9. The van der Waals surface area contributed by atoms with Gasteiger partial charge in [-0.05, 0) is 64.8 Å². The molecule has 0 saturated carbocycles. The maximum Gasteiger partial charge on any atom is 0.408 e. The Balaban J connectivity index is 2.51. The van der Waals surface area contributed by atoms with Gasteiger partial charge in [0.15, 0.2) is 0 Å². The van der Waals surface area contributed by atoms with Crippen LogP contribution in [0.3, 0.4) is 0 Å². The summed E-state index contributed by atoms with van der Waals surface area (Å²) in [6.45, 7) is 10.2. The molecule has 0 heterocycles. The molecular formula is C33H39N3O6S. The minimum atomic E-state index is -1.41. The number of benzene rings is 2. The van der Waals surface area contributed by atoms with Gasteiger partial charge in [-0.3, -0.25) is 14.5 Å². The van der Waals surface area contributed by atoms with E-state index in [1.807, 2.05) is 30.3 Å². The number of nitrogens with zero attached hydrogens (tertiary/aromatic N) is 1. The van der Waals surface area contributed by atoms with E-state index in [0.29, 0.717) is 11.1 Å². The minimum absolute atomic E-state index is 0.119. The maximum absolute atomic E-state index is 14.0. The second-order valence-corrected chi connectivity index (χ2v) is 12.0. The second kappa shape index (κ2) is 15.2. The largest absolute Gasteiger partial charge is 0.458 e. The fourth-order valence-corrected chi connectivity index (χ4v) is 4.16. The van der Waals surface area contributed by atoms with Crippen LogP contribution >= 0.6 is 12.6 Å². The van der Waals surface area contributed by atoms with Crippen LogP contribution in [-0.2, 0) is 30.3 Å². The summed E-state index contributed by atoms with van der Waals surface area (Å²) in [5.74, 6) is 0.153. The van der Waals surface area contributed by atoms with Gasteiger partial charge >= 0.3 is 12.1 Å². The zero-order valence-corrected chi connectivity index (χ0v) is 26.2. The summed E-state index contributed by atoms with van der Waals surface area (Å²) >= 11 is 4.22. The summed E-state index contributed by atoms with van der Waals surface area (Å²) in [4.78, 5) is 54.3. The van der Waals surface area contributed by atoms with Crippen molar-refractivity contribution in [2.24, 2.45) is 0 Å². The standard InChI is InChI=1S/C33H39N3O6S/c1-9-22-16-18-24(19-17-22)27(36(10-2)29(38)26(21-43)35-31(40)42-33(6,7)8)28(37)34-25(30(39)41-32(3,4)5)20-23-14-12-11-13-15-23/h1-2,11-19,25-27,43H,20-21H2,3-8H3,(H,34,37)(H,35,40). The van der Waals surface area contributed by atoms with Crippen LogP contribution < -0.4 is 10.6 Å². The van der Waals surface area contributed by atoms with Crippen molar-refractivity contribution >= 4 is 36.5 Å². The quantitative estimate of drug-likeness (QED) is 0.163. The normalized spacial score (nSPS) is 13.2. The van der Waals surface area contributed by atoms with Gasteiger partial charge in [0.2, 0.25) is 5.91 Å². The Kier molecular flexibility index (Phi) is 12.3. The molecule has 3 atom stereocenters. The lowest BCUT2D eigenvalue weighted by atomic mass is 10.00. The van der Waals surface area contributed by atoms with Gasteiger partial charge in [-0.2, -0.15) is 12.6 Å². The summed E-state index contributed by atoms with van der Waals surface area (Å²) in [5, 5.41) is 5.20. The van der Waals surface area contributed by atoms with Crippen LogP contribution in [-0.4, -0.2) is 57.8 Å². The van der Waals surface area contributed by atoms with Crippen LogP contribution in [0.4, 0.5) is 4.79 Å². The van der Waals surface area contributed by atoms with Crippen LogP contribution in [0.25, 0.3) is 0 Å². The Bertz CT molecular complexity index is 1370. The lowest BCUT2D eigenvalue weighted by Crippen LogP contribution is -2.54. The Labute approximate surface area is 259 Å². The number of carbonyl (C=O) groups is 4. The van der Waals surface area contributed by atoms with E-state index in [2.05, 4.69) is 35.2 Å². The van der Waals surface area contributed by atoms with Gasteiger partial charge in [0.25, 0.3) is 5.91 Å². The molecule has 2 aromatic carbocycles. The highest BCUT2D eigenvalue weighted by Crippen LogP contribution is 2.24. The van der Waals surface area contributed by atoms with Crippen molar-refractivity contribution in [2.45, 2.75) is 77.3 Å². The number of carbonyl (C=O) groups excluding carboxylic acids is 4. The number of terminal acetylenes is 2. The molecule has 3 unspecified atom stereocenters. The lowest BCUT2D eigenvalue weighted by Gasteiger charge is -2.31. The second-order valence-electron chi connectivity index (χ2n) is 11.7. The average Bonchev–Trinajstić information content (AvgIpc) is 2.92. The number of rotatable bonds is 10. The molecule has 0 fully saturated rings. The topological polar surface area (TPSA) is 114 Å². The van der Waals surface area contributed by atoms with Gasteiger partial charge in [0.1, 0.15) is 29.3 Å². The maximum atomic E-state index is 14.0. The smallest absolute Gasteiger partial charge is 0.408 e. The Morgan fingerprint density at radius 1 is 0.860 bits per heavy atom. The number of esters is 1. The molecule has 0 radical (unpaired) electrons. The molecule has 2 rings (SSSR count). The molecule has 2 aromatic rings. The number of ether oxygens (including phenoxy) is 2. The molecule has 0 bridgehead atoms. The molecule has 2 N–H and O–H groups in total. The van der Waals surface area contributed by atoms with E-state index in [-0.39, 0.29) is 12.2 Å². The predicted molar refractivity (Wildman–Crippen MR) is 168 cm³/mol. The predicted octanol–water partition coefficient (Wildman–Crippen LogP) is 4.02. The highest BCUT2D eigenvalue weighted by atomic mass is 32.1. The van der Waals surface area contributed by atoms with Crippen LogP contribution in [0.1, 0.15) is 64.3 Å². The fraction of sp³-hybridized carbons (Fsp3) is 0.394. The Morgan fingerprint density at radius 3 is 1.93 bits per heavy atom. The number of alkyl carbamates (subject to hydrolysis) is 1. The van der Waals surface area contributed by atoms with E-state index in [1.54, 1.807) is 65.8 Å². The van der Waals surface area contributed by atoms with Crippen LogP contribution in [0.5, 0.6) is 0 Å². The SMILES string of the molecule is C#Cc1ccc(C(C(=O)NC(Cc2ccccc2)C(=O)OC(C)(C)C)N(C#C)C(=O)C(CS)NC(=O)OC(C)(C)C)cc1. The van der Waals surface area contributed by atoms with Gasteiger partial charge in [0.05, 0.1) is 0 Å². The van der Waals surface area contributed by atoms with Crippen molar-refractivity contribution in [1.82, 2.24) is 15.5 Å². The van der Waals surface area contributed by atoms with Crippen molar-refractivity contribution in [3.63, 3.8) is 0 Å². The third-order valence-electron chi connectivity index (χ3n) is 5.74. The van der Waals surface area contributed by atoms with E-state index in [1.165, 1.54) is 0 Å². The van der Waals surface area contributed by atoms with E-state index >= 15 is 0 Å². The first kappa shape index (κ1) is 34.8. The van der Waals surface area contributed by atoms with Crippen molar-refractivity contribution in [1.29, 1.82) is 0 Å². The van der Waals surface area contributed by atoms with Crippen LogP contribution in [0.2, 0.25) is 0 Å². The third kappa shape index (κ3) is 11.1. The van der Waals surface area contributed by atoms with Gasteiger partial charge in [-0.1, -0.05) is 54.8 Å². The van der Waals surface area contributed by atoms with Gasteiger partial charge in [0, 0.05) is 23.8 Å². The van der Waals surface area contributed by atoms with Crippen LogP contribution in [0.15, 0.2) is 54.6 Å². The summed E-state index contributed by atoms with van der Waals surface area (Å²) in [5.41, 5.74) is -0.0147. The van der Waals surface area contributed by atoms with Crippen molar-refractivity contribution in [3.8, 4) is 24.8 Å². The van der Waals surface area contributed by atoms with Crippen molar-refractivity contribution in [3.05, 3.63) is 71.3 Å². The molecule has 0 aliphatic carbocycles. The number of thiol groups is 1. The number of hydrogen-bond donors (Lipinski definition) is 3. The first-order valence-corrected chi connectivity index (χ1v) is 14.2. The molecule has 0 saturated heterocycles. The van der Waals surface area contributed by atoms with Gasteiger partial charge in [-0.15, -0.1) is 6.42 Å². The molecule has 10 heteroatoms. The molecule has 0 spiro atoms. The number of amides is 3. The third-order valence-corrected chi connectivity index (χ3v) is 6.10. The van der Waals surface area contributed by atoms with E-state index in [9.17, 15) is 19.2 Å². The van der Waals surface area contributed by atoms with E-state index in [0.717, 1.165) is 10.5 Å². The van der Waals surface area contributed by atoms with Gasteiger partial charge in [-0.25, -0.2) is 9.59 Å². The molecule has 43 heavy (non-hydrogen) atoms. The molecule has 0 aliphatic heterocycles.